The Labute approximate surface area is 215 Å². The van der Waals surface area contributed by atoms with Crippen molar-refractivity contribution in [1.82, 2.24) is 19.8 Å². The molecule has 9 nitrogen and oxygen atoms in total. The lowest BCUT2D eigenvalue weighted by atomic mass is 10.1. The van der Waals surface area contributed by atoms with E-state index in [1.165, 1.54) is 12.1 Å². The summed E-state index contributed by atoms with van der Waals surface area (Å²) >= 11 is 0. The van der Waals surface area contributed by atoms with Crippen LogP contribution in [0.25, 0.3) is 0 Å². The Morgan fingerprint density at radius 1 is 1.14 bits per heavy atom. The summed E-state index contributed by atoms with van der Waals surface area (Å²) < 4.78 is 39.0. The Kier molecular flexibility index (Phi) is 7.71. The highest BCUT2D eigenvalue weighted by Gasteiger charge is 2.32. The van der Waals surface area contributed by atoms with Crippen LogP contribution in [0.15, 0.2) is 18.2 Å². The highest BCUT2D eigenvalue weighted by molar-refractivity contribution is 5.62. The molecule has 0 bridgehead atoms. The van der Waals surface area contributed by atoms with Crippen LogP contribution < -0.4 is 15.0 Å². The van der Waals surface area contributed by atoms with Crippen molar-refractivity contribution in [3.63, 3.8) is 0 Å². The number of nitrogens with one attached hydrogen (secondary N) is 1. The predicted octanol–water partition coefficient (Wildman–Crippen LogP) is 2.80. The first-order chi connectivity index (χ1) is 17.9. The largest absolute Gasteiger partial charge is 0.487 e. The molecule has 0 radical (unpaired) electrons. The fourth-order valence-corrected chi connectivity index (χ4v) is 5.08. The van der Waals surface area contributed by atoms with Gasteiger partial charge in [0.25, 0.3) is 0 Å². The number of hydrogen-bond acceptors (Lipinski definition) is 8. The fourth-order valence-electron chi connectivity index (χ4n) is 5.08. The summed E-state index contributed by atoms with van der Waals surface area (Å²) in [4.78, 5) is 27.5. The van der Waals surface area contributed by atoms with Crippen LogP contribution in [0.5, 0.6) is 5.75 Å². The van der Waals surface area contributed by atoms with E-state index in [4.69, 9.17) is 19.4 Å². The number of hydrogen-bond donors (Lipinski definition) is 1. The SMILES string of the molecule is CC(C)Nc1nc2c(nc1N1CCC(Oc3ccc(F)cc3F)CC1)CCN(C1CN(C=O)CCO1)C2. The van der Waals surface area contributed by atoms with Crippen LogP contribution in [0.3, 0.4) is 0 Å². The number of anilines is 2. The second-order valence-electron chi connectivity index (χ2n) is 10.1. The zero-order valence-electron chi connectivity index (χ0n) is 21.3. The number of morpholine rings is 1. The standard InChI is InChI=1S/C26H34F2N6O3/c1-17(2)29-25-26(33-8-5-19(6-9-33)37-23-4-3-18(27)13-20(23)28)31-21-7-10-34(14-22(21)30-25)24-15-32(16-35)11-12-36-24/h3-4,13,16-17,19,24H,5-12,14-15H2,1-2H3,(H,29,30). The zero-order valence-corrected chi connectivity index (χ0v) is 21.3. The number of carbonyl (C=O) groups excluding carboxylic acids is 1. The summed E-state index contributed by atoms with van der Waals surface area (Å²) in [7, 11) is 0. The van der Waals surface area contributed by atoms with Crippen molar-refractivity contribution in [2.75, 3.05) is 49.5 Å². The van der Waals surface area contributed by atoms with Gasteiger partial charge < -0.3 is 24.6 Å². The van der Waals surface area contributed by atoms with Gasteiger partial charge in [0.2, 0.25) is 6.41 Å². The minimum Gasteiger partial charge on any atom is -0.487 e. The maximum absolute atomic E-state index is 14.0. The third-order valence-corrected chi connectivity index (χ3v) is 7.01. The van der Waals surface area contributed by atoms with E-state index in [2.05, 4.69) is 29.0 Å². The van der Waals surface area contributed by atoms with Gasteiger partial charge in [0.05, 0.1) is 24.5 Å². The number of nitrogens with zero attached hydrogens (tertiary/aromatic N) is 5. The van der Waals surface area contributed by atoms with Crippen molar-refractivity contribution in [1.29, 1.82) is 0 Å². The van der Waals surface area contributed by atoms with Gasteiger partial charge in [-0.2, -0.15) is 0 Å². The fraction of sp³-hybridized carbons (Fsp3) is 0.577. The number of halogens is 2. The molecule has 4 heterocycles. The normalized spacial score (nSPS) is 21.2. The number of fused-ring (bicyclic) bond motifs is 1. The molecule has 1 N–H and O–H groups in total. The molecule has 2 aromatic rings. The summed E-state index contributed by atoms with van der Waals surface area (Å²) in [6.45, 7) is 8.63. The molecular weight excluding hydrogens is 482 g/mol. The number of piperidine rings is 1. The van der Waals surface area contributed by atoms with Crippen molar-refractivity contribution >= 4 is 18.0 Å². The molecule has 1 aromatic heterocycles. The number of carbonyl (C=O) groups is 1. The van der Waals surface area contributed by atoms with Crippen molar-refractivity contribution in [2.24, 2.45) is 0 Å². The molecule has 1 unspecified atom stereocenters. The number of rotatable bonds is 7. The van der Waals surface area contributed by atoms with Gasteiger partial charge in [0, 0.05) is 64.1 Å². The van der Waals surface area contributed by atoms with E-state index in [0.29, 0.717) is 52.2 Å². The van der Waals surface area contributed by atoms with Gasteiger partial charge in [-0.3, -0.25) is 9.69 Å². The molecule has 1 amide bonds. The van der Waals surface area contributed by atoms with E-state index >= 15 is 0 Å². The van der Waals surface area contributed by atoms with Crippen LogP contribution in [-0.2, 0) is 22.5 Å². The molecule has 1 aromatic carbocycles. The summed E-state index contributed by atoms with van der Waals surface area (Å²) in [5, 5.41) is 3.46. The number of amides is 1. The molecule has 2 saturated heterocycles. The molecule has 11 heteroatoms. The van der Waals surface area contributed by atoms with Gasteiger partial charge in [-0.15, -0.1) is 0 Å². The maximum Gasteiger partial charge on any atom is 0.209 e. The Morgan fingerprint density at radius 3 is 2.68 bits per heavy atom. The molecule has 3 aliphatic heterocycles. The Morgan fingerprint density at radius 2 is 1.95 bits per heavy atom. The number of benzene rings is 1. The van der Waals surface area contributed by atoms with Gasteiger partial charge in [0.1, 0.15) is 18.1 Å². The molecule has 37 heavy (non-hydrogen) atoms. The molecule has 2 fully saturated rings. The molecule has 1 atom stereocenters. The third-order valence-electron chi connectivity index (χ3n) is 7.01. The maximum atomic E-state index is 14.0. The van der Waals surface area contributed by atoms with Crippen LogP contribution in [0.4, 0.5) is 20.4 Å². The number of ether oxygens (including phenoxy) is 2. The lowest BCUT2D eigenvalue weighted by Crippen LogP contribution is -2.52. The molecule has 0 spiro atoms. The minimum absolute atomic E-state index is 0.0818. The van der Waals surface area contributed by atoms with Crippen LogP contribution >= 0.6 is 0 Å². The topological polar surface area (TPSA) is 83.1 Å². The average Bonchev–Trinajstić information content (AvgIpc) is 2.90. The van der Waals surface area contributed by atoms with E-state index in [-0.39, 0.29) is 24.1 Å². The third kappa shape index (κ3) is 5.93. The Balaban J connectivity index is 1.28. The van der Waals surface area contributed by atoms with E-state index in [9.17, 15) is 13.6 Å². The van der Waals surface area contributed by atoms with Crippen LogP contribution in [0, 0.1) is 11.6 Å². The van der Waals surface area contributed by atoms with E-state index in [0.717, 1.165) is 48.5 Å². The van der Waals surface area contributed by atoms with Gasteiger partial charge in [-0.25, -0.2) is 18.7 Å². The van der Waals surface area contributed by atoms with Crippen molar-refractivity contribution in [3.05, 3.63) is 41.2 Å². The smallest absolute Gasteiger partial charge is 0.209 e. The summed E-state index contributed by atoms with van der Waals surface area (Å²) in [6.07, 6.45) is 2.72. The molecule has 3 aliphatic rings. The first-order valence-electron chi connectivity index (χ1n) is 13.0. The Bertz CT molecular complexity index is 1110. The Hall–Kier alpha value is -3.05. The second-order valence-corrected chi connectivity index (χ2v) is 10.1. The zero-order chi connectivity index (χ0) is 25.9. The monoisotopic (exact) mass is 516 g/mol. The summed E-state index contributed by atoms with van der Waals surface area (Å²) in [6, 6.07) is 3.57. The number of aromatic nitrogens is 2. The van der Waals surface area contributed by atoms with E-state index in [1.807, 2.05) is 0 Å². The van der Waals surface area contributed by atoms with Crippen LogP contribution in [0.1, 0.15) is 38.1 Å². The van der Waals surface area contributed by atoms with Gasteiger partial charge in [-0.1, -0.05) is 0 Å². The molecule has 200 valence electrons. The van der Waals surface area contributed by atoms with Crippen molar-refractivity contribution < 1.29 is 23.0 Å². The highest BCUT2D eigenvalue weighted by atomic mass is 19.1. The van der Waals surface area contributed by atoms with Crippen LogP contribution in [-0.4, -0.2) is 83.9 Å². The van der Waals surface area contributed by atoms with Gasteiger partial charge in [-0.05, 0) is 26.0 Å². The molecular formula is C26H34F2N6O3. The molecule has 0 saturated carbocycles. The van der Waals surface area contributed by atoms with Crippen molar-refractivity contribution in [2.45, 2.75) is 58.0 Å². The molecule has 5 rings (SSSR count). The first kappa shape index (κ1) is 25.6. The average molecular weight is 517 g/mol. The lowest BCUT2D eigenvalue weighted by Gasteiger charge is -2.40. The quantitative estimate of drug-likeness (QED) is 0.563. The van der Waals surface area contributed by atoms with E-state index in [1.54, 1.807) is 4.90 Å². The lowest BCUT2D eigenvalue weighted by molar-refractivity contribution is -0.140. The highest BCUT2D eigenvalue weighted by Crippen LogP contribution is 2.31. The van der Waals surface area contributed by atoms with Crippen LogP contribution in [0.2, 0.25) is 0 Å². The van der Waals surface area contributed by atoms with E-state index < -0.39 is 11.6 Å². The predicted molar refractivity (Wildman–Crippen MR) is 135 cm³/mol. The summed E-state index contributed by atoms with van der Waals surface area (Å²) in [5.41, 5.74) is 1.91. The minimum atomic E-state index is -0.682. The van der Waals surface area contributed by atoms with Crippen molar-refractivity contribution in [3.8, 4) is 5.75 Å². The van der Waals surface area contributed by atoms with Gasteiger partial charge in [0.15, 0.2) is 23.2 Å². The summed E-state index contributed by atoms with van der Waals surface area (Å²) in [5.74, 6) is 0.358. The second kappa shape index (κ2) is 11.1. The van der Waals surface area contributed by atoms with Gasteiger partial charge >= 0.3 is 0 Å². The molecule has 0 aliphatic carbocycles. The first-order valence-corrected chi connectivity index (χ1v) is 13.0.